The molecule has 1 atom stereocenters. The first-order valence-corrected chi connectivity index (χ1v) is 6.28. The Morgan fingerprint density at radius 1 is 1.42 bits per heavy atom. The van der Waals surface area contributed by atoms with Crippen molar-refractivity contribution in [2.24, 2.45) is 5.73 Å². The van der Waals surface area contributed by atoms with Crippen LogP contribution >= 0.6 is 0 Å². The number of morpholine rings is 1. The van der Waals surface area contributed by atoms with Gasteiger partial charge in [0.15, 0.2) is 0 Å². The number of nitro benzene ring substituents is 1. The molecule has 0 bridgehead atoms. The van der Waals surface area contributed by atoms with Gasteiger partial charge in [-0.25, -0.2) is 0 Å². The van der Waals surface area contributed by atoms with Crippen LogP contribution in [-0.2, 0) is 4.74 Å². The summed E-state index contributed by atoms with van der Waals surface area (Å²) in [7, 11) is 0. The molecule has 0 unspecified atom stereocenters. The Morgan fingerprint density at radius 3 is 2.58 bits per heavy atom. The van der Waals surface area contributed by atoms with Crippen molar-refractivity contribution in [3.8, 4) is 0 Å². The Morgan fingerprint density at radius 2 is 2.05 bits per heavy atom. The van der Waals surface area contributed by atoms with E-state index in [0.717, 1.165) is 12.2 Å². The number of nitrogens with two attached hydrogens (primary N) is 1. The lowest BCUT2D eigenvalue weighted by molar-refractivity contribution is -0.384. The van der Waals surface area contributed by atoms with E-state index in [-0.39, 0.29) is 11.8 Å². The molecule has 19 heavy (non-hydrogen) atoms. The van der Waals surface area contributed by atoms with Crippen LogP contribution in [0.25, 0.3) is 0 Å². The second-order valence-corrected chi connectivity index (χ2v) is 5.40. The van der Waals surface area contributed by atoms with Crippen LogP contribution in [0.5, 0.6) is 0 Å². The fraction of sp³-hybridized carbons (Fsp3) is 0.538. The molecule has 2 N–H and O–H groups in total. The van der Waals surface area contributed by atoms with Gasteiger partial charge in [0.2, 0.25) is 0 Å². The Hall–Kier alpha value is -1.66. The van der Waals surface area contributed by atoms with E-state index in [1.807, 2.05) is 13.8 Å². The summed E-state index contributed by atoms with van der Waals surface area (Å²) < 4.78 is 5.68. The smallest absolute Gasteiger partial charge is 0.269 e. The topological polar surface area (TPSA) is 81.6 Å². The number of nitro groups is 1. The summed E-state index contributed by atoms with van der Waals surface area (Å²) in [5.41, 5.74) is 6.74. The first kappa shape index (κ1) is 13.8. The van der Waals surface area contributed by atoms with Crippen molar-refractivity contribution >= 4 is 11.4 Å². The Labute approximate surface area is 112 Å². The highest BCUT2D eigenvalue weighted by Crippen LogP contribution is 2.23. The van der Waals surface area contributed by atoms with Crippen molar-refractivity contribution in [2.45, 2.75) is 25.5 Å². The van der Waals surface area contributed by atoms with Crippen molar-refractivity contribution in [2.75, 3.05) is 24.6 Å². The maximum Gasteiger partial charge on any atom is 0.269 e. The van der Waals surface area contributed by atoms with E-state index in [9.17, 15) is 10.1 Å². The van der Waals surface area contributed by atoms with Crippen LogP contribution in [0.1, 0.15) is 13.8 Å². The van der Waals surface area contributed by atoms with Gasteiger partial charge in [0, 0.05) is 36.4 Å². The fourth-order valence-electron chi connectivity index (χ4n) is 2.12. The normalized spacial score (nSPS) is 20.4. The Bertz CT molecular complexity index is 453. The van der Waals surface area contributed by atoms with Gasteiger partial charge in [0.05, 0.1) is 17.6 Å². The predicted molar refractivity (Wildman–Crippen MR) is 73.3 cm³/mol. The van der Waals surface area contributed by atoms with Gasteiger partial charge in [-0.05, 0) is 26.0 Å². The number of hydrogen-bond donors (Lipinski definition) is 1. The maximum absolute atomic E-state index is 10.6. The molecular formula is C13H19N3O3. The molecule has 1 fully saturated rings. The summed E-state index contributed by atoms with van der Waals surface area (Å²) in [4.78, 5) is 12.4. The van der Waals surface area contributed by atoms with E-state index >= 15 is 0 Å². The highest BCUT2D eigenvalue weighted by atomic mass is 16.6. The van der Waals surface area contributed by atoms with E-state index in [1.54, 1.807) is 12.1 Å². The van der Waals surface area contributed by atoms with Crippen LogP contribution < -0.4 is 10.6 Å². The number of hydrogen-bond acceptors (Lipinski definition) is 5. The fourth-order valence-corrected chi connectivity index (χ4v) is 2.12. The third kappa shape index (κ3) is 3.21. The molecule has 1 saturated heterocycles. The average molecular weight is 265 g/mol. The molecule has 6 nitrogen and oxygen atoms in total. The van der Waals surface area contributed by atoms with Gasteiger partial charge in [0.1, 0.15) is 0 Å². The standard InChI is InChI=1S/C13H19N3O3/c1-13(2,14)12-9-15(7-8-19-12)10-3-5-11(6-4-10)16(17)18/h3-6,12H,7-9,14H2,1-2H3/t12-/m0/s1. The lowest BCUT2D eigenvalue weighted by Gasteiger charge is -2.40. The average Bonchev–Trinajstić information content (AvgIpc) is 2.38. The lowest BCUT2D eigenvalue weighted by Crippen LogP contribution is -2.56. The number of benzene rings is 1. The summed E-state index contributed by atoms with van der Waals surface area (Å²) >= 11 is 0. The van der Waals surface area contributed by atoms with E-state index in [4.69, 9.17) is 10.5 Å². The molecule has 6 heteroatoms. The monoisotopic (exact) mass is 265 g/mol. The van der Waals surface area contributed by atoms with Crippen molar-refractivity contribution in [1.29, 1.82) is 0 Å². The van der Waals surface area contributed by atoms with Crippen molar-refractivity contribution in [3.63, 3.8) is 0 Å². The minimum atomic E-state index is -0.403. The van der Waals surface area contributed by atoms with Crippen LogP contribution in [0.3, 0.4) is 0 Å². The summed E-state index contributed by atoms with van der Waals surface area (Å²) in [6.07, 6.45) is -0.0450. The van der Waals surface area contributed by atoms with E-state index in [2.05, 4.69) is 4.90 Å². The highest BCUT2D eigenvalue weighted by molar-refractivity contribution is 5.51. The third-order valence-electron chi connectivity index (χ3n) is 3.32. The zero-order valence-electron chi connectivity index (χ0n) is 11.2. The second kappa shape index (κ2) is 5.14. The SMILES string of the molecule is CC(C)(N)[C@@H]1CN(c2ccc([N+](=O)[O-])cc2)CCO1. The largest absolute Gasteiger partial charge is 0.373 e. The van der Waals surface area contributed by atoms with Crippen LogP contribution in [0.2, 0.25) is 0 Å². The third-order valence-corrected chi connectivity index (χ3v) is 3.32. The number of nitrogens with zero attached hydrogens (tertiary/aromatic N) is 2. The van der Waals surface area contributed by atoms with Crippen molar-refractivity contribution in [1.82, 2.24) is 0 Å². The highest BCUT2D eigenvalue weighted by Gasteiger charge is 2.31. The summed E-state index contributed by atoms with van der Waals surface area (Å²) in [6.45, 7) is 5.96. The number of anilines is 1. The van der Waals surface area contributed by atoms with Gasteiger partial charge in [-0.1, -0.05) is 0 Å². The molecule has 1 aliphatic rings. The number of rotatable bonds is 3. The molecule has 0 aliphatic carbocycles. The van der Waals surface area contributed by atoms with Crippen molar-refractivity contribution < 1.29 is 9.66 Å². The van der Waals surface area contributed by atoms with E-state index in [0.29, 0.717) is 13.2 Å². The van der Waals surface area contributed by atoms with E-state index < -0.39 is 10.5 Å². The van der Waals surface area contributed by atoms with Gasteiger partial charge in [-0.15, -0.1) is 0 Å². The molecule has 0 amide bonds. The molecule has 0 radical (unpaired) electrons. The molecule has 0 spiro atoms. The first-order valence-electron chi connectivity index (χ1n) is 6.28. The van der Waals surface area contributed by atoms with Crippen LogP contribution in [0.15, 0.2) is 24.3 Å². The molecular weight excluding hydrogens is 246 g/mol. The minimum Gasteiger partial charge on any atom is -0.373 e. The second-order valence-electron chi connectivity index (χ2n) is 5.40. The Balaban J connectivity index is 2.11. The summed E-state index contributed by atoms with van der Waals surface area (Å²) in [5.74, 6) is 0. The van der Waals surface area contributed by atoms with Gasteiger partial charge < -0.3 is 15.4 Å². The molecule has 1 aromatic rings. The van der Waals surface area contributed by atoms with Gasteiger partial charge in [-0.3, -0.25) is 10.1 Å². The van der Waals surface area contributed by atoms with Crippen LogP contribution in [0, 0.1) is 10.1 Å². The van der Waals surface area contributed by atoms with Crippen LogP contribution in [0.4, 0.5) is 11.4 Å². The van der Waals surface area contributed by atoms with Crippen molar-refractivity contribution in [3.05, 3.63) is 34.4 Å². The minimum absolute atomic E-state index is 0.0450. The predicted octanol–water partition coefficient (Wildman–Crippen LogP) is 1.54. The zero-order valence-corrected chi connectivity index (χ0v) is 11.2. The van der Waals surface area contributed by atoms with Gasteiger partial charge >= 0.3 is 0 Å². The summed E-state index contributed by atoms with van der Waals surface area (Å²) in [5, 5.41) is 10.6. The molecule has 1 aromatic carbocycles. The quantitative estimate of drug-likeness (QED) is 0.662. The summed E-state index contributed by atoms with van der Waals surface area (Å²) in [6, 6.07) is 6.58. The number of non-ortho nitro benzene ring substituents is 1. The van der Waals surface area contributed by atoms with Gasteiger partial charge in [0.25, 0.3) is 5.69 Å². The molecule has 0 saturated carbocycles. The number of ether oxygens (including phenoxy) is 1. The van der Waals surface area contributed by atoms with Gasteiger partial charge in [-0.2, -0.15) is 0 Å². The lowest BCUT2D eigenvalue weighted by atomic mass is 9.97. The molecule has 1 aliphatic heterocycles. The van der Waals surface area contributed by atoms with E-state index in [1.165, 1.54) is 12.1 Å². The zero-order chi connectivity index (χ0) is 14.0. The maximum atomic E-state index is 10.6. The molecule has 1 heterocycles. The molecule has 2 rings (SSSR count). The Kier molecular flexibility index (Phi) is 3.73. The first-order chi connectivity index (χ1) is 8.88. The molecule has 104 valence electrons. The van der Waals surface area contributed by atoms with Crippen LogP contribution in [-0.4, -0.2) is 36.3 Å². The molecule has 0 aromatic heterocycles.